The summed E-state index contributed by atoms with van der Waals surface area (Å²) < 4.78 is 13.5. The molecule has 0 radical (unpaired) electrons. The number of para-hydroxylation sites is 2. The molecule has 0 spiro atoms. The lowest BCUT2D eigenvalue weighted by atomic mass is 10.0. The molecule has 0 bridgehead atoms. The third-order valence-corrected chi connectivity index (χ3v) is 5.13. The van der Waals surface area contributed by atoms with E-state index in [1.807, 2.05) is 30.5 Å². The lowest BCUT2D eigenvalue weighted by Crippen LogP contribution is -2.33. The van der Waals surface area contributed by atoms with Crippen molar-refractivity contribution in [1.82, 2.24) is 9.78 Å². The molecule has 1 amide bonds. The molecule has 1 atom stereocenters. The van der Waals surface area contributed by atoms with Crippen LogP contribution in [0.25, 0.3) is 0 Å². The Balaban J connectivity index is 1.26. The highest BCUT2D eigenvalue weighted by atomic mass is 16.6. The van der Waals surface area contributed by atoms with Crippen LogP contribution in [0.15, 0.2) is 36.7 Å². The fraction of sp³-hybridized carbons (Fsp3) is 0.500. The average Bonchev–Trinajstić information content (AvgIpc) is 3.32. The molecule has 2 heterocycles. The fourth-order valence-corrected chi connectivity index (χ4v) is 3.75. The van der Waals surface area contributed by atoms with Crippen LogP contribution < -0.4 is 14.8 Å². The number of hydrogen-bond donors (Lipinski definition) is 1. The minimum Gasteiger partial charge on any atom is -0.486 e. The maximum absolute atomic E-state index is 12.1. The largest absolute Gasteiger partial charge is 0.486 e. The second-order valence-corrected chi connectivity index (χ2v) is 7.19. The summed E-state index contributed by atoms with van der Waals surface area (Å²) in [5.74, 6) is 2.34. The van der Waals surface area contributed by atoms with Crippen LogP contribution in [-0.4, -0.2) is 28.4 Å². The molecule has 1 N–H and O–H groups in total. The van der Waals surface area contributed by atoms with E-state index in [-0.39, 0.29) is 12.0 Å². The van der Waals surface area contributed by atoms with Crippen LogP contribution in [-0.2, 0) is 11.3 Å². The number of anilines is 1. The second-order valence-electron chi connectivity index (χ2n) is 7.19. The third kappa shape index (κ3) is 4.18. The number of aromatic nitrogens is 2. The number of nitrogens with zero attached hydrogens (tertiary/aromatic N) is 2. The van der Waals surface area contributed by atoms with Gasteiger partial charge in [-0.3, -0.25) is 9.48 Å². The van der Waals surface area contributed by atoms with Gasteiger partial charge in [-0.15, -0.1) is 0 Å². The number of carbonyl (C=O) groups excluding carboxylic acids is 1. The van der Waals surface area contributed by atoms with Gasteiger partial charge in [0.05, 0.1) is 18.4 Å². The van der Waals surface area contributed by atoms with Gasteiger partial charge in [0.2, 0.25) is 5.91 Å². The minimum atomic E-state index is -0.101. The van der Waals surface area contributed by atoms with Gasteiger partial charge in [0.1, 0.15) is 6.61 Å². The highest BCUT2D eigenvalue weighted by molar-refractivity contribution is 5.90. The van der Waals surface area contributed by atoms with Crippen molar-refractivity contribution in [2.75, 3.05) is 11.9 Å². The summed E-state index contributed by atoms with van der Waals surface area (Å²) in [6, 6.07) is 7.66. The molecule has 6 heteroatoms. The number of fused-ring (bicyclic) bond motifs is 1. The Bertz CT molecular complexity index is 752. The van der Waals surface area contributed by atoms with Crippen LogP contribution in [0.5, 0.6) is 11.5 Å². The number of rotatable bonds is 6. The first kappa shape index (κ1) is 16.9. The first-order valence-corrected chi connectivity index (χ1v) is 9.47. The molecule has 4 rings (SSSR count). The minimum absolute atomic E-state index is 0.0719. The zero-order valence-corrected chi connectivity index (χ0v) is 14.9. The van der Waals surface area contributed by atoms with Gasteiger partial charge in [0.15, 0.2) is 17.6 Å². The van der Waals surface area contributed by atoms with Crippen molar-refractivity contribution in [1.29, 1.82) is 0 Å². The summed E-state index contributed by atoms with van der Waals surface area (Å²) in [4.78, 5) is 12.1. The predicted molar refractivity (Wildman–Crippen MR) is 98.4 cm³/mol. The van der Waals surface area contributed by atoms with Crippen molar-refractivity contribution in [3.05, 3.63) is 36.7 Å². The maximum atomic E-state index is 12.1. The third-order valence-electron chi connectivity index (χ3n) is 5.13. The zero-order chi connectivity index (χ0) is 17.8. The van der Waals surface area contributed by atoms with Crippen molar-refractivity contribution in [2.45, 2.75) is 51.2 Å². The van der Waals surface area contributed by atoms with Crippen LogP contribution >= 0.6 is 0 Å². The smallest absolute Gasteiger partial charge is 0.224 e. The summed E-state index contributed by atoms with van der Waals surface area (Å²) in [6.07, 6.45) is 10.2. The van der Waals surface area contributed by atoms with Crippen molar-refractivity contribution in [3.63, 3.8) is 0 Å². The first-order valence-electron chi connectivity index (χ1n) is 9.47. The lowest BCUT2D eigenvalue weighted by molar-refractivity contribution is -0.116. The average molecular weight is 355 g/mol. The number of ether oxygens (including phenoxy) is 2. The topological polar surface area (TPSA) is 65.4 Å². The van der Waals surface area contributed by atoms with E-state index in [2.05, 4.69) is 10.4 Å². The molecule has 1 fully saturated rings. The number of hydrogen-bond acceptors (Lipinski definition) is 4. The molecule has 6 nitrogen and oxygen atoms in total. The summed E-state index contributed by atoms with van der Waals surface area (Å²) in [5, 5.41) is 7.27. The van der Waals surface area contributed by atoms with Gasteiger partial charge in [-0.25, -0.2) is 0 Å². The van der Waals surface area contributed by atoms with E-state index >= 15 is 0 Å². The second kappa shape index (κ2) is 7.81. The molecule has 2 aromatic rings. The molecule has 26 heavy (non-hydrogen) atoms. The van der Waals surface area contributed by atoms with Crippen LogP contribution in [0.1, 0.15) is 38.5 Å². The summed E-state index contributed by atoms with van der Waals surface area (Å²) >= 11 is 0. The van der Waals surface area contributed by atoms with E-state index in [0.717, 1.165) is 29.5 Å². The van der Waals surface area contributed by atoms with E-state index in [9.17, 15) is 4.79 Å². The number of amides is 1. The molecule has 138 valence electrons. The van der Waals surface area contributed by atoms with Crippen molar-refractivity contribution in [2.24, 2.45) is 5.92 Å². The highest BCUT2D eigenvalue weighted by Crippen LogP contribution is 2.31. The molecular weight excluding hydrogens is 330 g/mol. The fourth-order valence-electron chi connectivity index (χ4n) is 3.75. The number of benzene rings is 1. The predicted octanol–water partition coefficient (Wildman–Crippen LogP) is 3.63. The van der Waals surface area contributed by atoms with Crippen LogP contribution in [0.4, 0.5) is 5.69 Å². The van der Waals surface area contributed by atoms with Crippen LogP contribution in [0.3, 0.4) is 0 Å². The van der Waals surface area contributed by atoms with Gasteiger partial charge in [-0.1, -0.05) is 37.8 Å². The van der Waals surface area contributed by atoms with Gasteiger partial charge in [0, 0.05) is 12.6 Å². The molecule has 1 aliphatic carbocycles. The van der Waals surface area contributed by atoms with E-state index in [4.69, 9.17) is 9.47 Å². The Hall–Kier alpha value is -2.50. The molecule has 1 unspecified atom stereocenters. The molecule has 1 aliphatic heterocycles. The van der Waals surface area contributed by atoms with Gasteiger partial charge in [-0.2, -0.15) is 5.10 Å². The van der Waals surface area contributed by atoms with Crippen molar-refractivity contribution >= 4 is 11.6 Å². The molecule has 1 aromatic carbocycles. The van der Waals surface area contributed by atoms with E-state index in [1.165, 1.54) is 25.7 Å². The van der Waals surface area contributed by atoms with Crippen LogP contribution in [0.2, 0.25) is 0 Å². The van der Waals surface area contributed by atoms with Crippen molar-refractivity contribution in [3.8, 4) is 11.5 Å². The zero-order valence-electron chi connectivity index (χ0n) is 14.9. The lowest BCUT2D eigenvalue weighted by Gasteiger charge is -2.26. The first-order chi connectivity index (χ1) is 12.8. The Morgan fingerprint density at radius 1 is 1.23 bits per heavy atom. The monoisotopic (exact) mass is 355 g/mol. The van der Waals surface area contributed by atoms with E-state index < -0.39 is 0 Å². The van der Waals surface area contributed by atoms with Gasteiger partial charge in [-0.05, 0) is 24.5 Å². The molecule has 1 aromatic heterocycles. The van der Waals surface area contributed by atoms with Gasteiger partial charge >= 0.3 is 0 Å². The van der Waals surface area contributed by atoms with E-state index in [0.29, 0.717) is 19.6 Å². The maximum Gasteiger partial charge on any atom is 0.224 e. The van der Waals surface area contributed by atoms with E-state index in [1.54, 1.807) is 10.9 Å². The SMILES string of the molecule is O=C(CCC1CCCC1)Nc1cnn(CC2COc3ccccc3O2)c1. The van der Waals surface area contributed by atoms with Gasteiger partial charge < -0.3 is 14.8 Å². The number of nitrogens with one attached hydrogen (secondary N) is 1. The summed E-state index contributed by atoms with van der Waals surface area (Å²) in [5.41, 5.74) is 0.735. The molecule has 2 aliphatic rings. The normalized spacial score (nSPS) is 19.5. The van der Waals surface area contributed by atoms with Gasteiger partial charge in [0.25, 0.3) is 0 Å². The Morgan fingerprint density at radius 2 is 2.04 bits per heavy atom. The molecule has 1 saturated carbocycles. The summed E-state index contributed by atoms with van der Waals surface area (Å²) in [7, 11) is 0. The Kier molecular flexibility index (Phi) is 5.09. The quantitative estimate of drug-likeness (QED) is 0.859. The highest BCUT2D eigenvalue weighted by Gasteiger charge is 2.21. The number of carbonyl (C=O) groups is 1. The van der Waals surface area contributed by atoms with Crippen LogP contribution in [0, 0.1) is 5.92 Å². The molecular formula is C20H25N3O3. The molecule has 0 saturated heterocycles. The Morgan fingerprint density at radius 3 is 2.88 bits per heavy atom. The van der Waals surface area contributed by atoms with Crippen molar-refractivity contribution < 1.29 is 14.3 Å². The Labute approximate surface area is 153 Å². The standard InChI is InChI=1S/C20H25N3O3/c24-20(10-9-15-5-1-2-6-15)22-16-11-21-23(12-16)13-17-14-25-18-7-3-4-8-19(18)26-17/h3-4,7-8,11-12,15,17H,1-2,5-6,9-10,13-14H2,(H,22,24). The summed E-state index contributed by atoms with van der Waals surface area (Å²) in [6.45, 7) is 1.06.